The Morgan fingerprint density at radius 3 is 2.46 bits per heavy atom. The Morgan fingerprint density at radius 2 is 1.77 bits per heavy atom. The minimum Gasteiger partial charge on any atom is -0.489 e. The maximum Gasteiger partial charge on any atom is 0.265 e. The molecule has 0 bridgehead atoms. The first-order valence-electron chi connectivity index (χ1n) is 7.64. The number of rotatable bonds is 5. The average molecular weight is 427 g/mol. The molecule has 0 aliphatic rings. The van der Waals surface area contributed by atoms with Gasteiger partial charge in [0, 0.05) is 26.3 Å². The molecule has 0 radical (unpaired) electrons. The zero-order chi connectivity index (χ0) is 18.7. The van der Waals surface area contributed by atoms with Gasteiger partial charge in [-0.25, -0.2) is 0 Å². The Labute approximate surface area is 170 Å². The summed E-state index contributed by atoms with van der Waals surface area (Å²) in [6.45, 7) is 2.30. The molecule has 3 rings (SSSR count). The van der Waals surface area contributed by atoms with Crippen molar-refractivity contribution in [3.8, 4) is 5.75 Å². The zero-order valence-corrected chi connectivity index (χ0v) is 16.8. The quantitative estimate of drug-likeness (QED) is 0.484. The summed E-state index contributed by atoms with van der Waals surface area (Å²) < 4.78 is 5.80. The number of thiophene rings is 1. The summed E-state index contributed by atoms with van der Waals surface area (Å²) in [7, 11) is 0. The third-order valence-corrected chi connectivity index (χ3v) is 5.18. The van der Waals surface area contributed by atoms with E-state index in [1.165, 1.54) is 11.3 Å². The lowest BCUT2D eigenvalue weighted by atomic mass is 10.2. The van der Waals surface area contributed by atoms with E-state index < -0.39 is 0 Å². The molecule has 134 valence electrons. The topological polar surface area (TPSA) is 38.3 Å². The maximum absolute atomic E-state index is 12.4. The average Bonchev–Trinajstić information content (AvgIpc) is 3.02. The van der Waals surface area contributed by atoms with Crippen molar-refractivity contribution in [2.45, 2.75) is 13.5 Å². The van der Waals surface area contributed by atoms with E-state index in [0.717, 1.165) is 16.9 Å². The van der Waals surface area contributed by atoms with E-state index in [0.29, 0.717) is 32.2 Å². The van der Waals surface area contributed by atoms with Crippen molar-refractivity contribution in [3.05, 3.63) is 78.9 Å². The third kappa shape index (κ3) is 4.92. The van der Waals surface area contributed by atoms with Gasteiger partial charge in [0.1, 0.15) is 12.4 Å². The van der Waals surface area contributed by atoms with Crippen molar-refractivity contribution in [2.75, 3.05) is 5.32 Å². The molecule has 0 atom stereocenters. The van der Waals surface area contributed by atoms with Crippen LogP contribution in [0.15, 0.2) is 47.8 Å². The lowest BCUT2D eigenvalue weighted by Crippen LogP contribution is -2.10. The van der Waals surface area contributed by atoms with Gasteiger partial charge < -0.3 is 10.1 Å². The number of amides is 1. The summed E-state index contributed by atoms with van der Waals surface area (Å²) in [6.07, 6.45) is 0. The van der Waals surface area contributed by atoms with Crippen LogP contribution in [-0.4, -0.2) is 5.91 Å². The Kier molecular flexibility index (Phi) is 6.09. The van der Waals surface area contributed by atoms with E-state index in [4.69, 9.17) is 39.5 Å². The summed E-state index contributed by atoms with van der Waals surface area (Å²) >= 11 is 19.2. The molecule has 26 heavy (non-hydrogen) atoms. The summed E-state index contributed by atoms with van der Waals surface area (Å²) in [6, 6.07) is 12.2. The Hall–Kier alpha value is -1.72. The van der Waals surface area contributed by atoms with Gasteiger partial charge >= 0.3 is 0 Å². The summed E-state index contributed by atoms with van der Waals surface area (Å²) in [5.74, 6) is 0.544. The smallest absolute Gasteiger partial charge is 0.265 e. The van der Waals surface area contributed by atoms with Crippen LogP contribution >= 0.6 is 46.1 Å². The molecular formula is C19H14Cl3NO2S. The van der Waals surface area contributed by atoms with E-state index in [2.05, 4.69) is 5.32 Å². The highest BCUT2D eigenvalue weighted by atomic mass is 35.5. The van der Waals surface area contributed by atoms with Gasteiger partial charge in [0.2, 0.25) is 0 Å². The number of benzene rings is 2. The highest BCUT2D eigenvalue weighted by molar-refractivity contribution is 7.12. The Balaban J connectivity index is 1.64. The Morgan fingerprint density at radius 1 is 1.04 bits per heavy atom. The molecule has 3 aromatic rings. The molecule has 1 amide bonds. The molecule has 0 aliphatic heterocycles. The second kappa shape index (κ2) is 8.31. The number of hydrogen-bond acceptors (Lipinski definition) is 3. The van der Waals surface area contributed by atoms with E-state index in [1.807, 2.05) is 24.4 Å². The number of hydrogen-bond donors (Lipinski definition) is 1. The highest BCUT2D eigenvalue weighted by Gasteiger charge is 2.11. The molecule has 2 aromatic carbocycles. The van der Waals surface area contributed by atoms with Crippen LogP contribution in [0.25, 0.3) is 0 Å². The van der Waals surface area contributed by atoms with E-state index in [1.54, 1.807) is 30.3 Å². The summed E-state index contributed by atoms with van der Waals surface area (Å²) in [5.41, 5.74) is 2.43. The number of anilines is 1. The fourth-order valence-electron chi connectivity index (χ4n) is 2.32. The first kappa shape index (κ1) is 19.1. The van der Waals surface area contributed by atoms with Gasteiger partial charge in [0.05, 0.1) is 4.88 Å². The number of carbonyl (C=O) groups excluding carboxylic acids is 1. The third-order valence-electron chi connectivity index (χ3n) is 3.53. The van der Waals surface area contributed by atoms with Gasteiger partial charge in [-0.1, -0.05) is 34.8 Å². The Bertz CT molecular complexity index is 935. The second-order valence-corrected chi connectivity index (χ2v) is 7.85. The van der Waals surface area contributed by atoms with Crippen LogP contribution in [0, 0.1) is 6.92 Å². The van der Waals surface area contributed by atoms with Crippen molar-refractivity contribution in [1.29, 1.82) is 0 Å². The van der Waals surface area contributed by atoms with Gasteiger partial charge in [-0.3, -0.25) is 4.79 Å². The first-order valence-corrected chi connectivity index (χ1v) is 9.66. The molecule has 0 unspecified atom stereocenters. The number of ether oxygens (including phenoxy) is 1. The predicted octanol–water partition coefficient (Wildman–Crippen LogP) is 6.85. The van der Waals surface area contributed by atoms with Crippen LogP contribution in [0.5, 0.6) is 5.75 Å². The van der Waals surface area contributed by atoms with Crippen LogP contribution in [0.4, 0.5) is 5.69 Å². The van der Waals surface area contributed by atoms with Crippen LogP contribution in [0.3, 0.4) is 0 Å². The van der Waals surface area contributed by atoms with E-state index in [-0.39, 0.29) is 5.91 Å². The molecule has 0 saturated carbocycles. The van der Waals surface area contributed by atoms with Crippen LogP contribution in [-0.2, 0) is 6.61 Å². The van der Waals surface area contributed by atoms with Crippen molar-refractivity contribution in [1.82, 2.24) is 0 Å². The van der Waals surface area contributed by atoms with Crippen LogP contribution in [0.2, 0.25) is 15.1 Å². The summed E-state index contributed by atoms with van der Waals surface area (Å²) in [5, 5.41) is 6.28. The molecule has 0 spiro atoms. The molecule has 1 N–H and O–H groups in total. The standard InChI is InChI=1S/C19H14Cl3NO2S/c1-11-4-13(20)2-3-17(11)25-9-12-5-18(26-10-12)19(24)23-16-7-14(21)6-15(22)8-16/h2-8,10H,9H2,1H3,(H,23,24). The van der Waals surface area contributed by atoms with Gasteiger partial charge in [-0.05, 0) is 60.3 Å². The normalized spacial score (nSPS) is 10.6. The fourth-order valence-corrected chi connectivity index (χ4v) is 3.87. The maximum atomic E-state index is 12.4. The van der Waals surface area contributed by atoms with Crippen molar-refractivity contribution < 1.29 is 9.53 Å². The fraction of sp³-hybridized carbons (Fsp3) is 0.105. The van der Waals surface area contributed by atoms with E-state index >= 15 is 0 Å². The number of aryl methyl sites for hydroxylation is 1. The molecular weight excluding hydrogens is 413 g/mol. The van der Waals surface area contributed by atoms with Gasteiger partial charge in [0.15, 0.2) is 0 Å². The number of carbonyl (C=O) groups is 1. The van der Waals surface area contributed by atoms with Crippen molar-refractivity contribution in [2.24, 2.45) is 0 Å². The zero-order valence-electron chi connectivity index (χ0n) is 13.7. The van der Waals surface area contributed by atoms with Gasteiger partial charge in [0.25, 0.3) is 5.91 Å². The summed E-state index contributed by atoms with van der Waals surface area (Å²) in [4.78, 5) is 12.9. The number of halogens is 3. The SMILES string of the molecule is Cc1cc(Cl)ccc1OCc1csc(C(=O)Nc2cc(Cl)cc(Cl)c2)c1. The lowest BCUT2D eigenvalue weighted by molar-refractivity contribution is 0.103. The van der Waals surface area contributed by atoms with Crippen molar-refractivity contribution in [3.63, 3.8) is 0 Å². The monoisotopic (exact) mass is 425 g/mol. The molecule has 0 fully saturated rings. The largest absolute Gasteiger partial charge is 0.489 e. The second-order valence-electron chi connectivity index (χ2n) is 5.63. The lowest BCUT2D eigenvalue weighted by Gasteiger charge is -2.08. The molecule has 1 aromatic heterocycles. The predicted molar refractivity (Wildman–Crippen MR) is 109 cm³/mol. The molecule has 7 heteroatoms. The van der Waals surface area contributed by atoms with Crippen LogP contribution in [0.1, 0.15) is 20.8 Å². The van der Waals surface area contributed by atoms with Gasteiger partial charge in [-0.2, -0.15) is 0 Å². The first-order chi connectivity index (χ1) is 12.4. The highest BCUT2D eigenvalue weighted by Crippen LogP contribution is 2.25. The van der Waals surface area contributed by atoms with Crippen molar-refractivity contribution >= 4 is 57.7 Å². The van der Waals surface area contributed by atoms with Gasteiger partial charge in [-0.15, -0.1) is 11.3 Å². The minimum atomic E-state index is -0.220. The molecule has 0 saturated heterocycles. The van der Waals surface area contributed by atoms with Crippen LogP contribution < -0.4 is 10.1 Å². The molecule has 0 aliphatic carbocycles. The minimum absolute atomic E-state index is 0.220. The number of nitrogens with one attached hydrogen (secondary N) is 1. The van der Waals surface area contributed by atoms with E-state index in [9.17, 15) is 4.79 Å². The molecule has 1 heterocycles. The molecule has 3 nitrogen and oxygen atoms in total.